The molecule has 3 nitrogen and oxygen atoms in total. The largest absolute Gasteiger partial charge is 0.329 e. The molecule has 116 valence electrons. The Hall–Kier alpha value is -0.120. The van der Waals surface area contributed by atoms with Gasteiger partial charge in [-0.15, -0.1) is 0 Å². The van der Waals surface area contributed by atoms with Gasteiger partial charge in [0.25, 0.3) is 0 Å². The van der Waals surface area contributed by atoms with E-state index in [0.29, 0.717) is 11.6 Å². The molecule has 0 bridgehead atoms. The van der Waals surface area contributed by atoms with Crippen molar-refractivity contribution in [3.05, 3.63) is 0 Å². The van der Waals surface area contributed by atoms with Gasteiger partial charge in [-0.3, -0.25) is 9.80 Å². The Labute approximate surface area is 124 Å². The van der Waals surface area contributed by atoms with Crippen LogP contribution < -0.4 is 5.73 Å². The van der Waals surface area contributed by atoms with Crippen LogP contribution in [0.15, 0.2) is 0 Å². The van der Waals surface area contributed by atoms with Gasteiger partial charge in [0.05, 0.1) is 0 Å². The van der Waals surface area contributed by atoms with Crippen molar-refractivity contribution in [2.24, 2.45) is 5.73 Å². The molecule has 0 spiro atoms. The van der Waals surface area contributed by atoms with Crippen LogP contribution in [0.4, 0.5) is 0 Å². The van der Waals surface area contributed by atoms with Gasteiger partial charge in [0.1, 0.15) is 0 Å². The summed E-state index contributed by atoms with van der Waals surface area (Å²) in [7, 11) is 0. The first-order chi connectivity index (χ1) is 9.75. The van der Waals surface area contributed by atoms with E-state index in [1.165, 1.54) is 77.4 Å². The van der Waals surface area contributed by atoms with Crippen LogP contribution in [0.3, 0.4) is 0 Å². The number of hydrogen-bond donors (Lipinski definition) is 1. The van der Waals surface area contributed by atoms with Crippen molar-refractivity contribution in [3.63, 3.8) is 0 Å². The summed E-state index contributed by atoms with van der Waals surface area (Å²) in [6, 6.07) is 1.51. The molecule has 1 aliphatic carbocycles. The van der Waals surface area contributed by atoms with E-state index in [0.717, 1.165) is 12.6 Å². The Kier molecular flexibility index (Phi) is 4.68. The zero-order chi connectivity index (χ0) is 14.0. The molecule has 2 saturated heterocycles. The number of hydrogen-bond acceptors (Lipinski definition) is 3. The summed E-state index contributed by atoms with van der Waals surface area (Å²) in [5, 5.41) is 0. The van der Waals surface area contributed by atoms with Crippen LogP contribution in [-0.4, -0.2) is 53.6 Å². The Morgan fingerprint density at radius 1 is 1.00 bits per heavy atom. The topological polar surface area (TPSA) is 32.5 Å². The van der Waals surface area contributed by atoms with Gasteiger partial charge in [0.15, 0.2) is 0 Å². The van der Waals surface area contributed by atoms with Crippen molar-refractivity contribution in [2.45, 2.75) is 82.3 Å². The Morgan fingerprint density at radius 2 is 1.70 bits per heavy atom. The Balaban J connectivity index is 1.75. The van der Waals surface area contributed by atoms with Gasteiger partial charge < -0.3 is 5.73 Å². The third-order valence-electron chi connectivity index (χ3n) is 6.21. The van der Waals surface area contributed by atoms with Crippen LogP contribution >= 0.6 is 0 Å². The van der Waals surface area contributed by atoms with Gasteiger partial charge in [0.2, 0.25) is 0 Å². The lowest BCUT2D eigenvalue weighted by molar-refractivity contribution is -0.0326. The Bertz CT molecular complexity index is 309. The molecule has 3 rings (SSSR count). The second-order valence-electron chi connectivity index (χ2n) is 7.49. The maximum Gasteiger partial charge on any atom is 0.0335 e. The summed E-state index contributed by atoms with van der Waals surface area (Å²) in [6.07, 6.45) is 12.5. The summed E-state index contributed by atoms with van der Waals surface area (Å²) >= 11 is 0. The third-order valence-corrected chi connectivity index (χ3v) is 6.21. The minimum Gasteiger partial charge on any atom is -0.329 e. The standard InChI is InChI=1S/C17H33N3/c1-15-12-19-11-7-8-16(19)13-20(15)17(14-18)9-5-3-2-4-6-10-17/h15-16H,2-14,18H2,1H3. The van der Waals surface area contributed by atoms with E-state index in [4.69, 9.17) is 5.73 Å². The molecule has 2 heterocycles. The van der Waals surface area contributed by atoms with Crippen molar-refractivity contribution in [3.8, 4) is 0 Å². The van der Waals surface area contributed by atoms with Gasteiger partial charge in [-0.25, -0.2) is 0 Å². The molecule has 20 heavy (non-hydrogen) atoms. The average Bonchev–Trinajstić information content (AvgIpc) is 2.86. The van der Waals surface area contributed by atoms with E-state index < -0.39 is 0 Å². The van der Waals surface area contributed by atoms with Gasteiger partial charge in [-0.05, 0) is 39.2 Å². The molecular weight excluding hydrogens is 246 g/mol. The number of fused-ring (bicyclic) bond motifs is 1. The van der Waals surface area contributed by atoms with Crippen molar-refractivity contribution in [1.82, 2.24) is 9.80 Å². The lowest BCUT2D eigenvalue weighted by Gasteiger charge is -2.53. The fourth-order valence-corrected chi connectivity index (χ4v) is 5.02. The lowest BCUT2D eigenvalue weighted by Crippen LogP contribution is -2.65. The molecule has 0 aromatic rings. The third kappa shape index (κ3) is 2.77. The van der Waals surface area contributed by atoms with E-state index in [1.807, 2.05) is 0 Å². The number of rotatable bonds is 2. The molecule has 0 aromatic carbocycles. The van der Waals surface area contributed by atoms with Crippen molar-refractivity contribution >= 4 is 0 Å². The molecular formula is C17H33N3. The van der Waals surface area contributed by atoms with E-state index in [1.54, 1.807) is 0 Å². The van der Waals surface area contributed by atoms with Crippen molar-refractivity contribution < 1.29 is 0 Å². The maximum absolute atomic E-state index is 6.33. The fraction of sp³-hybridized carbons (Fsp3) is 1.00. The normalized spacial score (nSPS) is 36.3. The molecule has 0 aromatic heterocycles. The zero-order valence-corrected chi connectivity index (χ0v) is 13.3. The summed E-state index contributed by atoms with van der Waals surface area (Å²) in [5.41, 5.74) is 6.65. The SMILES string of the molecule is CC1CN2CCCC2CN1C1(CN)CCCCCCC1. The lowest BCUT2D eigenvalue weighted by atomic mass is 9.80. The molecule has 1 saturated carbocycles. The Morgan fingerprint density at radius 3 is 2.40 bits per heavy atom. The predicted octanol–water partition coefficient (Wildman–Crippen LogP) is 2.60. The quantitative estimate of drug-likeness (QED) is 0.843. The highest BCUT2D eigenvalue weighted by Crippen LogP contribution is 2.36. The van der Waals surface area contributed by atoms with E-state index in [-0.39, 0.29) is 0 Å². The molecule has 3 fully saturated rings. The molecule has 0 radical (unpaired) electrons. The fourth-order valence-electron chi connectivity index (χ4n) is 5.02. The molecule has 3 aliphatic rings. The number of nitrogens with zero attached hydrogens (tertiary/aromatic N) is 2. The van der Waals surface area contributed by atoms with Crippen LogP contribution in [-0.2, 0) is 0 Å². The number of nitrogens with two attached hydrogens (primary N) is 1. The van der Waals surface area contributed by atoms with Gasteiger partial charge in [-0.1, -0.05) is 32.1 Å². The summed E-state index contributed by atoms with van der Waals surface area (Å²) < 4.78 is 0. The monoisotopic (exact) mass is 279 g/mol. The first-order valence-electron chi connectivity index (χ1n) is 8.96. The van der Waals surface area contributed by atoms with Crippen molar-refractivity contribution in [2.75, 3.05) is 26.2 Å². The highest BCUT2D eigenvalue weighted by molar-refractivity contribution is 5.01. The van der Waals surface area contributed by atoms with E-state index >= 15 is 0 Å². The van der Waals surface area contributed by atoms with Gasteiger partial charge in [-0.2, -0.15) is 0 Å². The smallest absolute Gasteiger partial charge is 0.0335 e. The predicted molar refractivity (Wildman–Crippen MR) is 84.9 cm³/mol. The summed E-state index contributed by atoms with van der Waals surface area (Å²) in [6.45, 7) is 7.18. The summed E-state index contributed by atoms with van der Waals surface area (Å²) in [4.78, 5) is 5.57. The molecule has 2 aliphatic heterocycles. The van der Waals surface area contributed by atoms with Crippen LogP contribution in [0.2, 0.25) is 0 Å². The summed E-state index contributed by atoms with van der Waals surface area (Å²) in [5.74, 6) is 0. The maximum atomic E-state index is 6.33. The van der Waals surface area contributed by atoms with E-state index in [2.05, 4.69) is 16.7 Å². The minimum atomic E-state index is 0.314. The van der Waals surface area contributed by atoms with Crippen LogP contribution in [0.5, 0.6) is 0 Å². The van der Waals surface area contributed by atoms with E-state index in [9.17, 15) is 0 Å². The molecule has 3 heteroatoms. The van der Waals surface area contributed by atoms with Gasteiger partial charge in [0, 0.05) is 37.3 Å². The molecule has 2 N–H and O–H groups in total. The average molecular weight is 279 g/mol. The second-order valence-corrected chi connectivity index (χ2v) is 7.49. The number of piperazine rings is 1. The first-order valence-corrected chi connectivity index (χ1v) is 8.96. The minimum absolute atomic E-state index is 0.314. The molecule has 0 amide bonds. The molecule has 2 unspecified atom stereocenters. The highest BCUT2D eigenvalue weighted by atomic mass is 15.3. The zero-order valence-electron chi connectivity index (χ0n) is 13.3. The molecule has 2 atom stereocenters. The van der Waals surface area contributed by atoms with Gasteiger partial charge >= 0.3 is 0 Å². The highest BCUT2D eigenvalue weighted by Gasteiger charge is 2.43. The van der Waals surface area contributed by atoms with Crippen LogP contribution in [0, 0.1) is 0 Å². The van der Waals surface area contributed by atoms with Crippen LogP contribution in [0.25, 0.3) is 0 Å². The van der Waals surface area contributed by atoms with Crippen molar-refractivity contribution in [1.29, 1.82) is 0 Å². The second kappa shape index (κ2) is 6.33. The van der Waals surface area contributed by atoms with Crippen LogP contribution in [0.1, 0.15) is 64.7 Å². The first kappa shape index (κ1) is 14.8.